The van der Waals surface area contributed by atoms with E-state index in [1.807, 2.05) is 119 Å². The van der Waals surface area contributed by atoms with Crippen molar-refractivity contribution >= 4 is 23.9 Å². The number of amides is 5. The molecular weight excluding hydrogens is 634 g/mol. The van der Waals surface area contributed by atoms with E-state index in [1.54, 1.807) is 0 Å². The maximum Gasteiger partial charge on any atom is 0.407 e. The fourth-order valence-corrected chi connectivity index (χ4v) is 5.53. The summed E-state index contributed by atoms with van der Waals surface area (Å²) in [7, 11) is 0. The van der Waals surface area contributed by atoms with Crippen LogP contribution >= 0.6 is 0 Å². The molecule has 0 aliphatic carbocycles. The van der Waals surface area contributed by atoms with Crippen LogP contribution in [0, 0.1) is 11.8 Å². The Morgan fingerprint density at radius 2 is 1.36 bits per heavy atom. The van der Waals surface area contributed by atoms with Crippen molar-refractivity contribution in [3.8, 4) is 0 Å². The van der Waals surface area contributed by atoms with Gasteiger partial charge in [0.25, 0.3) is 0 Å². The molecule has 11 heteroatoms. The summed E-state index contributed by atoms with van der Waals surface area (Å²) in [5.74, 6) is -1.32. The molecule has 0 aliphatic rings. The van der Waals surface area contributed by atoms with Gasteiger partial charge in [0.05, 0.1) is 18.7 Å². The summed E-state index contributed by atoms with van der Waals surface area (Å²) in [6, 6.07) is 25.1. The number of carbonyl (C=O) groups is 4. The van der Waals surface area contributed by atoms with Crippen LogP contribution in [0.25, 0.3) is 0 Å². The Morgan fingerprint density at radius 3 is 1.90 bits per heavy atom. The number of nitrogens with two attached hydrogens (primary N) is 1. The monoisotopic (exact) mass is 687 g/mol. The number of nitrogens with zero attached hydrogens (tertiary/aromatic N) is 1. The Balaban J connectivity index is 1.83. The van der Waals surface area contributed by atoms with E-state index < -0.39 is 48.2 Å². The van der Waals surface area contributed by atoms with Crippen molar-refractivity contribution in [2.45, 2.75) is 84.2 Å². The van der Waals surface area contributed by atoms with Crippen molar-refractivity contribution < 1.29 is 29.0 Å². The number of rotatable bonds is 19. The first-order valence-corrected chi connectivity index (χ1v) is 17.3. The number of alkyl carbamates (subject to hydrolysis) is 1. The third kappa shape index (κ3) is 13.5. The molecule has 0 saturated heterocycles. The van der Waals surface area contributed by atoms with Gasteiger partial charge in [0, 0.05) is 6.54 Å². The SMILES string of the molecule is CC[C@H](C)[C@H](NC(=O)[C@H](CC(C)C)NC(=O)N(CCc1ccccc1)C[C@@H](O)[C@H](Cc1ccccc1)NC(=O)OCc1ccccc1)C(N)=O. The third-order valence-corrected chi connectivity index (χ3v) is 8.63. The van der Waals surface area contributed by atoms with Crippen LogP contribution in [-0.2, 0) is 33.8 Å². The average molecular weight is 688 g/mol. The number of urea groups is 1. The van der Waals surface area contributed by atoms with Gasteiger partial charge in [-0.25, -0.2) is 9.59 Å². The summed E-state index contributed by atoms with van der Waals surface area (Å²) in [5.41, 5.74) is 8.29. The first kappa shape index (κ1) is 39.5. The second-order valence-corrected chi connectivity index (χ2v) is 13.2. The van der Waals surface area contributed by atoms with Crippen LogP contribution in [-0.4, -0.2) is 71.3 Å². The Labute approximate surface area is 296 Å². The van der Waals surface area contributed by atoms with Gasteiger partial charge in [-0.3, -0.25) is 9.59 Å². The zero-order valence-electron chi connectivity index (χ0n) is 29.6. The molecular formula is C39H53N5O6. The molecule has 0 radical (unpaired) electrons. The fraction of sp³-hybridized carbons (Fsp3) is 0.436. The van der Waals surface area contributed by atoms with Gasteiger partial charge in [0.1, 0.15) is 18.7 Å². The number of carbonyl (C=O) groups excluding carboxylic acids is 4. The lowest BCUT2D eigenvalue weighted by Gasteiger charge is -2.32. The standard InChI is InChI=1S/C39H53N5O6/c1-5-28(4)35(36(40)46)43-37(47)33(23-27(2)3)41-38(48)44(22-21-29-15-9-6-10-16-29)25-34(45)32(24-30-17-11-7-12-18-30)42-39(49)50-26-31-19-13-8-14-20-31/h6-20,27-28,32-35,45H,5,21-26H2,1-4H3,(H2,40,46)(H,41,48)(H,42,49)(H,43,47)/t28-,32-,33-,34+,35-/m0/s1. The van der Waals surface area contributed by atoms with Gasteiger partial charge in [0.2, 0.25) is 11.8 Å². The molecule has 3 rings (SSSR count). The number of aliphatic hydroxyl groups is 1. The summed E-state index contributed by atoms with van der Waals surface area (Å²) in [5, 5.41) is 20.1. The molecule has 0 heterocycles. The van der Waals surface area contributed by atoms with Crippen molar-refractivity contribution in [3.05, 3.63) is 108 Å². The second-order valence-electron chi connectivity index (χ2n) is 13.2. The van der Waals surface area contributed by atoms with Crippen LogP contribution in [0.15, 0.2) is 91.0 Å². The van der Waals surface area contributed by atoms with E-state index >= 15 is 0 Å². The molecule has 0 aliphatic heterocycles. The quantitative estimate of drug-likeness (QED) is 0.124. The normalized spacial score (nSPS) is 14.0. The van der Waals surface area contributed by atoms with Gasteiger partial charge in [0.15, 0.2) is 0 Å². The minimum absolute atomic E-state index is 0.0337. The third-order valence-electron chi connectivity index (χ3n) is 8.63. The average Bonchev–Trinajstić information content (AvgIpc) is 3.11. The van der Waals surface area contributed by atoms with Crippen molar-refractivity contribution in [1.29, 1.82) is 0 Å². The molecule has 5 atom stereocenters. The van der Waals surface area contributed by atoms with Gasteiger partial charge >= 0.3 is 12.1 Å². The highest BCUT2D eigenvalue weighted by molar-refractivity contribution is 5.91. The minimum Gasteiger partial charge on any atom is -0.445 e. The smallest absolute Gasteiger partial charge is 0.407 e. The Kier molecular flexibility index (Phi) is 16.3. The number of nitrogens with one attached hydrogen (secondary N) is 3. The van der Waals surface area contributed by atoms with Gasteiger partial charge in [-0.05, 0) is 47.8 Å². The molecule has 3 aromatic carbocycles. The van der Waals surface area contributed by atoms with E-state index in [0.717, 1.165) is 16.7 Å². The van der Waals surface area contributed by atoms with Crippen LogP contribution in [0.3, 0.4) is 0 Å². The lowest BCUT2D eigenvalue weighted by atomic mass is 9.97. The maximum absolute atomic E-state index is 14.0. The highest BCUT2D eigenvalue weighted by atomic mass is 16.5. The van der Waals surface area contributed by atoms with E-state index in [2.05, 4.69) is 16.0 Å². The van der Waals surface area contributed by atoms with Crippen molar-refractivity contribution in [1.82, 2.24) is 20.9 Å². The predicted molar refractivity (Wildman–Crippen MR) is 194 cm³/mol. The summed E-state index contributed by atoms with van der Waals surface area (Å²) in [6.07, 6.45) is -0.215. The van der Waals surface area contributed by atoms with Crippen LogP contribution in [0.2, 0.25) is 0 Å². The van der Waals surface area contributed by atoms with Crippen molar-refractivity contribution in [2.75, 3.05) is 13.1 Å². The molecule has 0 fully saturated rings. The topological polar surface area (TPSA) is 163 Å². The van der Waals surface area contributed by atoms with Crippen molar-refractivity contribution in [2.24, 2.45) is 17.6 Å². The summed E-state index contributed by atoms with van der Waals surface area (Å²) in [6.45, 7) is 7.72. The molecule has 0 saturated carbocycles. The molecule has 50 heavy (non-hydrogen) atoms. The van der Waals surface area contributed by atoms with E-state index in [4.69, 9.17) is 10.5 Å². The van der Waals surface area contributed by atoms with E-state index in [0.29, 0.717) is 19.3 Å². The molecule has 3 aromatic rings. The lowest BCUT2D eigenvalue weighted by Crippen LogP contribution is -2.58. The number of hydrogen-bond acceptors (Lipinski definition) is 6. The minimum atomic E-state index is -1.21. The molecule has 0 bridgehead atoms. The van der Waals surface area contributed by atoms with Crippen LogP contribution in [0.5, 0.6) is 0 Å². The number of ether oxygens (including phenoxy) is 1. The zero-order chi connectivity index (χ0) is 36.5. The molecule has 0 spiro atoms. The molecule has 6 N–H and O–H groups in total. The number of hydrogen-bond donors (Lipinski definition) is 5. The lowest BCUT2D eigenvalue weighted by molar-refractivity contribution is -0.129. The largest absolute Gasteiger partial charge is 0.445 e. The molecule has 270 valence electrons. The van der Waals surface area contributed by atoms with Crippen molar-refractivity contribution in [3.63, 3.8) is 0 Å². The van der Waals surface area contributed by atoms with Gasteiger partial charge < -0.3 is 36.4 Å². The second kappa shape index (κ2) is 20.6. The highest BCUT2D eigenvalue weighted by Gasteiger charge is 2.32. The Morgan fingerprint density at radius 1 is 0.800 bits per heavy atom. The first-order chi connectivity index (χ1) is 24.0. The summed E-state index contributed by atoms with van der Waals surface area (Å²) in [4.78, 5) is 54.1. The predicted octanol–water partition coefficient (Wildman–Crippen LogP) is 4.57. The molecule has 5 amide bonds. The summed E-state index contributed by atoms with van der Waals surface area (Å²) < 4.78 is 5.46. The molecule has 0 unspecified atom stereocenters. The maximum atomic E-state index is 14.0. The molecule has 0 aromatic heterocycles. The summed E-state index contributed by atoms with van der Waals surface area (Å²) >= 11 is 0. The number of benzene rings is 3. The van der Waals surface area contributed by atoms with Gasteiger partial charge in [-0.2, -0.15) is 0 Å². The van der Waals surface area contributed by atoms with E-state index in [-0.39, 0.29) is 38.0 Å². The zero-order valence-corrected chi connectivity index (χ0v) is 29.6. The highest BCUT2D eigenvalue weighted by Crippen LogP contribution is 2.14. The van der Waals surface area contributed by atoms with Crippen LogP contribution in [0.4, 0.5) is 9.59 Å². The van der Waals surface area contributed by atoms with E-state index in [9.17, 15) is 24.3 Å². The Bertz CT molecular complexity index is 1470. The van der Waals surface area contributed by atoms with E-state index in [1.165, 1.54) is 4.90 Å². The number of aliphatic hydroxyl groups excluding tert-OH is 1. The van der Waals surface area contributed by atoms with Gasteiger partial charge in [-0.15, -0.1) is 0 Å². The van der Waals surface area contributed by atoms with Crippen LogP contribution < -0.4 is 21.7 Å². The fourth-order valence-electron chi connectivity index (χ4n) is 5.53. The first-order valence-electron chi connectivity index (χ1n) is 17.3. The molecule has 11 nitrogen and oxygen atoms in total. The van der Waals surface area contributed by atoms with Gasteiger partial charge in [-0.1, -0.05) is 125 Å². The van der Waals surface area contributed by atoms with Crippen LogP contribution in [0.1, 0.15) is 57.2 Å². The Hall–Kier alpha value is -4.90. The number of primary amides is 1.